The molecule has 4 heterocycles. The lowest BCUT2D eigenvalue weighted by molar-refractivity contribution is -0.131. The largest absolute Gasteiger partial charge is 0.444 e. The molecule has 3 aliphatic heterocycles. The Morgan fingerprint density at radius 3 is 2.13 bits per heavy atom. The van der Waals surface area contributed by atoms with Crippen LogP contribution in [0, 0.1) is 11.3 Å². The maximum atomic E-state index is 12.8. The maximum Gasteiger partial charge on any atom is 0.410 e. The lowest BCUT2D eigenvalue weighted by Gasteiger charge is -2.41. The molecule has 45 heavy (non-hydrogen) atoms. The number of carbonyl (C=O) groups excluding carboxylic acids is 2. The third kappa shape index (κ3) is 6.21. The molecule has 10 heteroatoms. The Kier molecular flexibility index (Phi) is 8.45. The summed E-state index contributed by atoms with van der Waals surface area (Å²) in [6, 6.07) is 17.4. The van der Waals surface area contributed by atoms with Gasteiger partial charge in [0, 0.05) is 88.5 Å². The summed E-state index contributed by atoms with van der Waals surface area (Å²) in [4.78, 5) is 40.9. The first-order valence-electron chi connectivity index (χ1n) is 16.1. The van der Waals surface area contributed by atoms with E-state index in [2.05, 4.69) is 63.2 Å². The van der Waals surface area contributed by atoms with Crippen molar-refractivity contribution in [2.45, 2.75) is 52.7 Å². The first kappa shape index (κ1) is 30.5. The van der Waals surface area contributed by atoms with E-state index in [1.54, 1.807) is 4.90 Å². The fourth-order valence-corrected chi connectivity index (χ4v) is 6.71. The van der Waals surface area contributed by atoms with Crippen molar-refractivity contribution in [2.75, 3.05) is 73.6 Å². The van der Waals surface area contributed by atoms with Gasteiger partial charge in [-0.25, -0.2) is 9.78 Å². The number of aromatic nitrogens is 1. The van der Waals surface area contributed by atoms with Gasteiger partial charge in [-0.15, -0.1) is 0 Å². The van der Waals surface area contributed by atoms with E-state index in [1.165, 1.54) is 16.5 Å². The minimum atomic E-state index is -0.543. The normalized spacial score (nSPS) is 17.3. The third-order valence-corrected chi connectivity index (χ3v) is 9.04. The molecule has 2 aromatic carbocycles. The number of hydrogen-bond donors (Lipinski definition) is 0. The van der Waals surface area contributed by atoms with Crippen LogP contribution in [0.2, 0.25) is 0 Å². The average Bonchev–Trinajstić information content (AvgIpc) is 3.06. The van der Waals surface area contributed by atoms with Crippen LogP contribution in [0.1, 0.15) is 50.8 Å². The Bertz CT molecular complexity index is 1620. The van der Waals surface area contributed by atoms with Crippen LogP contribution in [0.25, 0.3) is 10.8 Å². The highest BCUT2D eigenvalue weighted by atomic mass is 16.6. The van der Waals surface area contributed by atoms with Gasteiger partial charge in [0.05, 0.1) is 5.56 Å². The summed E-state index contributed by atoms with van der Waals surface area (Å²) in [6.07, 6.45) is 0.966. The van der Waals surface area contributed by atoms with Crippen LogP contribution in [0.3, 0.4) is 0 Å². The molecule has 3 aromatic rings. The number of anilines is 3. The number of fused-ring (bicyclic) bond motifs is 2. The third-order valence-electron chi connectivity index (χ3n) is 9.04. The molecule has 2 saturated heterocycles. The lowest BCUT2D eigenvalue weighted by Crippen LogP contribution is -2.51. The highest BCUT2D eigenvalue weighted by molar-refractivity contribution is 5.94. The Hall–Kier alpha value is -4.52. The molecule has 0 unspecified atom stereocenters. The number of carbonyl (C=O) groups is 2. The second-order valence-corrected chi connectivity index (χ2v) is 13.0. The van der Waals surface area contributed by atoms with Crippen molar-refractivity contribution in [2.24, 2.45) is 0 Å². The predicted molar refractivity (Wildman–Crippen MR) is 177 cm³/mol. The number of amides is 2. The molecule has 10 nitrogen and oxygen atoms in total. The van der Waals surface area contributed by atoms with Gasteiger partial charge < -0.3 is 29.2 Å². The molecule has 236 valence electrons. The van der Waals surface area contributed by atoms with Gasteiger partial charge in [-0.2, -0.15) is 5.26 Å². The van der Waals surface area contributed by atoms with Crippen LogP contribution in [0.15, 0.2) is 42.5 Å². The molecule has 0 atom stereocenters. The van der Waals surface area contributed by atoms with Crippen LogP contribution in [-0.2, 0) is 22.5 Å². The summed E-state index contributed by atoms with van der Waals surface area (Å²) >= 11 is 0. The molecule has 2 fully saturated rings. The van der Waals surface area contributed by atoms with E-state index in [0.29, 0.717) is 76.7 Å². The number of piperazine rings is 2. The van der Waals surface area contributed by atoms with E-state index in [1.807, 2.05) is 32.6 Å². The molecule has 0 saturated carbocycles. The molecule has 0 spiro atoms. The summed E-state index contributed by atoms with van der Waals surface area (Å²) in [6.45, 7) is 13.8. The molecule has 0 bridgehead atoms. The molecule has 0 radical (unpaired) electrons. The standard InChI is InChI=1S/C35H43N7O3/c1-5-31(43)38-15-17-40(18-16-38)33-28(23-36)29-24-42(30-12-8-10-25-9-6-7-11-26(25)30)14-13-27(29)32(37-33)39-19-21-41(22-20-39)34(44)45-35(2,3)4/h6-12H,5,13-22,24H2,1-4H3. The SMILES string of the molecule is CCC(=O)N1CCN(c2nc(N3CCN(C(=O)OC(C)(C)C)CC3)c3c(c2C#N)CN(c2cccc4ccccc24)CC3)CC1. The number of nitrogens with zero attached hydrogens (tertiary/aromatic N) is 7. The first-order chi connectivity index (χ1) is 21.7. The minimum Gasteiger partial charge on any atom is -0.444 e. The van der Waals surface area contributed by atoms with Gasteiger partial charge in [-0.3, -0.25) is 4.79 Å². The van der Waals surface area contributed by atoms with Crippen molar-refractivity contribution in [1.29, 1.82) is 5.26 Å². The predicted octanol–water partition coefficient (Wildman–Crippen LogP) is 4.78. The minimum absolute atomic E-state index is 0.155. The van der Waals surface area contributed by atoms with Gasteiger partial charge in [0.25, 0.3) is 0 Å². The summed E-state index contributed by atoms with van der Waals surface area (Å²) in [5.74, 6) is 1.76. The number of ether oxygens (including phenoxy) is 1. The molecule has 1 aromatic heterocycles. The number of hydrogen-bond acceptors (Lipinski definition) is 8. The van der Waals surface area contributed by atoms with E-state index in [0.717, 1.165) is 29.9 Å². The quantitative estimate of drug-likeness (QED) is 0.417. The molecular weight excluding hydrogens is 566 g/mol. The average molecular weight is 610 g/mol. The van der Waals surface area contributed by atoms with Crippen molar-refractivity contribution in [3.63, 3.8) is 0 Å². The Morgan fingerprint density at radius 2 is 1.47 bits per heavy atom. The first-order valence-corrected chi connectivity index (χ1v) is 16.1. The fourth-order valence-electron chi connectivity index (χ4n) is 6.71. The molecule has 0 N–H and O–H groups in total. The number of rotatable bonds is 4. The van der Waals surface area contributed by atoms with Gasteiger partial charge in [-0.05, 0) is 44.2 Å². The summed E-state index contributed by atoms with van der Waals surface area (Å²) in [7, 11) is 0. The Labute approximate surface area is 265 Å². The molecule has 2 amide bonds. The summed E-state index contributed by atoms with van der Waals surface area (Å²) in [5.41, 5.74) is 3.40. The van der Waals surface area contributed by atoms with E-state index >= 15 is 0 Å². The second kappa shape index (κ2) is 12.5. The van der Waals surface area contributed by atoms with Crippen LogP contribution in [0.4, 0.5) is 22.1 Å². The summed E-state index contributed by atoms with van der Waals surface area (Å²) in [5, 5.41) is 13.0. The molecular formula is C35H43N7O3. The van der Waals surface area contributed by atoms with Crippen molar-refractivity contribution in [3.8, 4) is 6.07 Å². The van der Waals surface area contributed by atoms with Gasteiger partial charge in [0.15, 0.2) is 0 Å². The van der Waals surface area contributed by atoms with E-state index in [-0.39, 0.29) is 12.0 Å². The van der Waals surface area contributed by atoms with Gasteiger partial charge in [-0.1, -0.05) is 43.3 Å². The van der Waals surface area contributed by atoms with Gasteiger partial charge >= 0.3 is 6.09 Å². The van der Waals surface area contributed by atoms with Gasteiger partial charge in [0.2, 0.25) is 5.91 Å². The zero-order valence-electron chi connectivity index (χ0n) is 26.9. The van der Waals surface area contributed by atoms with Crippen molar-refractivity contribution in [1.82, 2.24) is 14.8 Å². The topological polar surface area (TPSA) is 96.3 Å². The fraction of sp³-hybridized carbons (Fsp3) is 0.486. The second-order valence-electron chi connectivity index (χ2n) is 13.0. The monoisotopic (exact) mass is 609 g/mol. The molecule has 0 aliphatic carbocycles. The smallest absolute Gasteiger partial charge is 0.410 e. The number of pyridine rings is 1. The van der Waals surface area contributed by atoms with Crippen molar-refractivity contribution in [3.05, 3.63) is 59.2 Å². The highest BCUT2D eigenvalue weighted by Gasteiger charge is 2.33. The molecule has 6 rings (SSSR count). The van der Waals surface area contributed by atoms with Crippen LogP contribution in [0.5, 0.6) is 0 Å². The van der Waals surface area contributed by atoms with E-state index in [9.17, 15) is 14.9 Å². The van der Waals surface area contributed by atoms with Crippen LogP contribution < -0.4 is 14.7 Å². The summed E-state index contributed by atoms with van der Waals surface area (Å²) < 4.78 is 5.63. The van der Waals surface area contributed by atoms with Gasteiger partial charge in [0.1, 0.15) is 23.3 Å². The molecule has 3 aliphatic rings. The zero-order valence-corrected chi connectivity index (χ0v) is 26.9. The van der Waals surface area contributed by atoms with Crippen LogP contribution in [-0.4, -0.2) is 91.3 Å². The van der Waals surface area contributed by atoms with E-state index in [4.69, 9.17) is 9.72 Å². The number of benzene rings is 2. The van der Waals surface area contributed by atoms with Crippen molar-refractivity contribution < 1.29 is 14.3 Å². The van der Waals surface area contributed by atoms with Crippen molar-refractivity contribution >= 4 is 40.1 Å². The highest BCUT2D eigenvalue weighted by Crippen LogP contribution is 2.38. The lowest BCUT2D eigenvalue weighted by atomic mass is 9.94. The zero-order chi connectivity index (χ0) is 31.7. The Balaban J connectivity index is 1.35. The number of nitriles is 1. The maximum absolute atomic E-state index is 12.8. The Morgan fingerprint density at radius 1 is 0.822 bits per heavy atom. The van der Waals surface area contributed by atoms with E-state index < -0.39 is 5.60 Å². The van der Waals surface area contributed by atoms with Crippen LogP contribution >= 0.6 is 0 Å².